The van der Waals surface area contributed by atoms with E-state index in [-0.39, 0.29) is 49.1 Å². The lowest BCUT2D eigenvalue weighted by molar-refractivity contribution is -0.889. The van der Waals surface area contributed by atoms with E-state index >= 15 is 0 Å². The van der Waals surface area contributed by atoms with Crippen LogP contribution in [0.3, 0.4) is 0 Å². The Morgan fingerprint density at radius 2 is 1.54 bits per heavy atom. The van der Waals surface area contributed by atoms with E-state index in [1.54, 1.807) is 21.1 Å². The third-order valence-corrected chi connectivity index (χ3v) is 3.68. The van der Waals surface area contributed by atoms with Crippen LogP contribution in [0.15, 0.2) is 0 Å². The average molecular weight is 375 g/mol. The maximum absolute atomic E-state index is 11.7. The Hall–Kier alpha value is -1.67. The summed E-state index contributed by atoms with van der Waals surface area (Å²) in [5.74, 6) is -1.88. The summed E-state index contributed by atoms with van der Waals surface area (Å²) in [6.07, 6.45) is 1.45. The second-order valence-electron chi connectivity index (χ2n) is 7.11. The highest BCUT2D eigenvalue weighted by Gasteiger charge is 2.25. The Labute approximate surface area is 156 Å². The highest BCUT2D eigenvalue weighted by Crippen LogP contribution is 2.08. The van der Waals surface area contributed by atoms with Gasteiger partial charge in [-0.05, 0) is 12.8 Å². The molecule has 2 unspecified atom stereocenters. The fourth-order valence-corrected chi connectivity index (χ4v) is 2.26. The van der Waals surface area contributed by atoms with E-state index in [9.17, 15) is 19.5 Å². The fourth-order valence-electron chi connectivity index (χ4n) is 2.26. The molecule has 0 spiro atoms. The Bertz CT molecular complexity index is 445. The molecular formula is C18H33NO7. The molecule has 8 nitrogen and oxygen atoms in total. The minimum absolute atomic E-state index is 0.0335. The lowest BCUT2D eigenvalue weighted by Gasteiger charge is -2.34. The zero-order valence-corrected chi connectivity index (χ0v) is 16.6. The van der Waals surface area contributed by atoms with Crippen molar-refractivity contribution in [2.45, 2.75) is 58.1 Å². The van der Waals surface area contributed by atoms with E-state index in [2.05, 4.69) is 0 Å². The Morgan fingerprint density at radius 1 is 0.962 bits per heavy atom. The molecule has 26 heavy (non-hydrogen) atoms. The number of rotatable bonds is 14. The first-order valence-corrected chi connectivity index (χ1v) is 9.06. The van der Waals surface area contributed by atoms with E-state index in [0.29, 0.717) is 19.3 Å². The summed E-state index contributed by atoms with van der Waals surface area (Å²) in [5.41, 5.74) is 0. The van der Waals surface area contributed by atoms with Gasteiger partial charge in [0.1, 0.15) is 12.6 Å². The highest BCUT2D eigenvalue weighted by atomic mass is 16.6. The quantitative estimate of drug-likeness (QED) is 0.244. The molecule has 0 saturated carbocycles. The van der Waals surface area contributed by atoms with Gasteiger partial charge in [0.15, 0.2) is 6.10 Å². The molecule has 0 saturated heterocycles. The normalized spacial score (nSPS) is 13.7. The maximum Gasteiger partial charge on any atom is 0.306 e. The molecule has 0 radical (unpaired) electrons. The summed E-state index contributed by atoms with van der Waals surface area (Å²) in [6, 6.07) is -0.710. The molecule has 0 aromatic rings. The fraction of sp³-hybridized carbons (Fsp3) is 0.833. The number of aliphatic carboxylic acids is 1. The van der Waals surface area contributed by atoms with Crippen molar-refractivity contribution in [2.24, 2.45) is 0 Å². The van der Waals surface area contributed by atoms with Crippen LogP contribution in [0.2, 0.25) is 0 Å². The SMILES string of the molecule is CCCC(=O)OCC(COCCC(C(=O)[O-])[N+](C)(C)C)OC(=O)CCC. The van der Waals surface area contributed by atoms with Crippen LogP contribution in [0.4, 0.5) is 0 Å². The van der Waals surface area contributed by atoms with Gasteiger partial charge >= 0.3 is 11.9 Å². The largest absolute Gasteiger partial charge is 0.544 e. The van der Waals surface area contributed by atoms with Gasteiger partial charge in [0, 0.05) is 19.3 Å². The number of hydrogen-bond donors (Lipinski definition) is 0. The van der Waals surface area contributed by atoms with Gasteiger partial charge in [0.05, 0.1) is 40.3 Å². The molecule has 152 valence electrons. The number of carboxylic acids is 1. The summed E-state index contributed by atoms with van der Waals surface area (Å²) in [7, 11) is 5.30. The van der Waals surface area contributed by atoms with Crippen LogP contribution in [-0.4, -0.2) is 75.5 Å². The van der Waals surface area contributed by atoms with Gasteiger partial charge in [0.25, 0.3) is 0 Å². The van der Waals surface area contributed by atoms with Crippen molar-refractivity contribution in [3.63, 3.8) is 0 Å². The minimum Gasteiger partial charge on any atom is -0.544 e. The molecule has 0 heterocycles. The van der Waals surface area contributed by atoms with Crippen molar-refractivity contribution < 1.29 is 38.2 Å². The third kappa shape index (κ3) is 11.0. The predicted octanol–water partition coefficient (Wildman–Crippen LogP) is 0.273. The number of carboxylic acid groups (broad SMARTS) is 1. The van der Waals surface area contributed by atoms with Crippen LogP contribution in [0.1, 0.15) is 46.0 Å². The number of ether oxygens (including phenoxy) is 3. The number of likely N-dealkylation sites (N-methyl/N-ethyl adjacent to an activating group) is 1. The van der Waals surface area contributed by atoms with Crippen molar-refractivity contribution in [1.29, 1.82) is 0 Å². The average Bonchev–Trinajstić information content (AvgIpc) is 2.50. The minimum atomic E-state index is -1.14. The molecule has 0 rings (SSSR count). The molecule has 0 N–H and O–H groups in total. The summed E-state index contributed by atoms with van der Waals surface area (Å²) in [4.78, 5) is 34.4. The number of hydrogen-bond acceptors (Lipinski definition) is 7. The van der Waals surface area contributed by atoms with Crippen LogP contribution < -0.4 is 5.11 Å². The number of quaternary nitrogens is 1. The van der Waals surface area contributed by atoms with E-state index in [1.807, 2.05) is 13.8 Å². The van der Waals surface area contributed by atoms with Crippen LogP contribution in [0.25, 0.3) is 0 Å². The molecule has 0 bridgehead atoms. The van der Waals surface area contributed by atoms with Crippen LogP contribution in [0, 0.1) is 0 Å². The van der Waals surface area contributed by atoms with Gasteiger partial charge in [-0.1, -0.05) is 13.8 Å². The van der Waals surface area contributed by atoms with E-state index in [4.69, 9.17) is 14.2 Å². The van der Waals surface area contributed by atoms with Crippen LogP contribution in [-0.2, 0) is 28.6 Å². The molecule has 0 fully saturated rings. The van der Waals surface area contributed by atoms with Crippen LogP contribution >= 0.6 is 0 Å². The molecule has 0 aliphatic rings. The molecule has 8 heteroatoms. The topological polar surface area (TPSA) is 102 Å². The monoisotopic (exact) mass is 375 g/mol. The summed E-state index contributed by atoms with van der Waals surface area (Å²) in [5, 5.41) is 11.2. The molecule has 0 aromatic heterocycles. The second kappa shape index (κ2) is 12.6. The van der Waals surface area contributed by atoms with Gasteiger partial charge in [-0.15, -0.1) is 0 Å². The van der Waals surface area contributed by atoms with E-state index < -0.39 is 18.1 Å². The first kappa shape index (κ1) is 24.3. The first-order valence-electron chi connectivity index (χ1n) is 9.06. The van der Waals surface area contributed by atoms with Gasteiger partial charge in [-0.25, -0.2) is 0 Å². The zero-order valence-electron chi connectivity index (χ0n) is 16.6. The summed E-state index contributed by atoms with van der Waals surface area (Å²) >= 11 is 0. The van der Waals surface area contributed by atoms with Crippen molar-refractivity contribution in [3.05, 3.63) is 0 Å². The van der Waals surface area contributed by atoms with Gasteiger partial charge in [-0.3, -0.25) is 9.59 Å². The predicted molar refractivity (Wildman–Crippen MR) is 92.9 cm³/mol. The molecule has 0 aromatic carbocycles. The van der Waals surface area contributed by atoms with Crippen molar-refractivity contribution in [3.8, 4) is 0 Å². The molecule has 0 aliphatic carbocycles. The van der Waals surface area contributed by atoms with Crippen molar-refractivity contribution >= 4 is 17.9 Å². The highest BCUT2D eigenvalue weighted by molar-refractivity contribution is 5.70. The standard InChI is InChI=1S/C18H33NO7/c1-6-8-16(20)25-13-14(26-17(21)9-7-2)12-24-11-10-15(18(22)23)19(3,4)5/h14-15H,6-13H2,1-5H3. The van der Waals surface area contributed by atoms with E-state index in [0.717, 1.165) is 0 Å². The lowest BCUT2D eigenvalue weighted by Crippen LogP contribution is -2.55. The second-order valence-corrected chi connectivity index (χ2v) is 7.11. The Balaban J connectivity index is 4.49. The van der Waals surface area contributed by atoms with Crippen LogP contribution in [0.5, 0.6) is 0 Å². The smallest absolute Gasteiger partial charge is 0.306 e. The van der Waals surface area contributed by atoms with Crippen molar-refractivity contribution in [1.82, 2.24) is 0 Å². The number of carbonyl (C=O) groups excluding carboxylic acids is 3. The van der Waals surface area contributed by atoms with Gasteiger partial charge < -0.3 is 28.6 Å². The number of nitrogens with zero attached hydrogens (tertiary/aromatic N) is 1. The first-order chi connectivity index (χ1) is 12.1. The van der Waals surface area contributed by atoms with Crippen molar-refractivity contribution in [2.75, 3.05) is 41.0 Å². The third-order valence-electron chi connectivity index (χ3n) is 3.68. The molecule has 2 atom stereocenters. The molecular weight excluding hydrogens is 342 g/mol. The summed E-state index contributed by atoms with van der Waals surface area (Å²) < 4.78 is 16.0. The number of carbonyl (C=O) groups is 3. The van der Waals surface area contributed by atoms with Gasteiger partial charge in [0.2, 0.25) is 0 Å². The molecule has 0 aliphatic heterocycles. The van der Waals surface area contributed by atoms with Gasteiger partial charge in [-0.2, -0.15) is 0 Å². The zero-order chi connectivity index (χ0) is 20.2. The Kier molecular flexibility index (Phi) is 11.8. The molecule has 0 amide bonds. The Morgan fingerprint density at radius 3 is 2.04 bits per heavy atom. The lowest BCUT2D eigenvalue weighted by atomic mass is 10.1. The summed E-state index contributed by atoms with van der Waals surface area (Å²) in [6.45, 7) is 3.85. The van der Waals surface area contributed by atoms with E-state index in [1.165, 1.54) is 0 Å². The maximum atomic E-state index is 11.7. The number of esters is 2.